The molecule has 2 aromatic heterocycles. The Bertz CT molecular complexity index is 672. The number of carbonyl (C=O) groups excluding carboxylic acids is 1. The Morgan fingerprint density at radius 2 is 1.88 bits per heavy atom. The summed E-state index contributed by atoms with van der Waals surface area (Å²) in [5, 5.41) is 3.55. The number of rotatable bonds is 2. The topological polar surface area (TPSA) is 97.5 Å². The molecule has 0 spiro atoms. The maximum absolute atomic E-state index is 12.1. The third-order valence-electron chi connectivity index (χ3n) is 3.47. The van der Waals surface area contributed by atoms with E-state index < -0.39 is 5.60 Å². The van der Waals surface area contributed by atoms with Crippen molar-refractivity contribution in [3.05, 3.63) is 18.7 Å². The predicted molar refractivity (Wildman–Crippen MR) is 85.3 cm³/mol. The third-order valence-corrected chi connectivity index (χ3v) is 3.47. The normalized spacial score (nSPS) is 15.5. The molecule has 0 bridgehead atoms. The van der Waals surface area contributed by atoms with E-state index in [1.54, 1.807) is 17.3 Å². The number of nitrogens with zero attached hydrogens (tertiary/aromatic N) is 6. The highest BCUT2D eigenvalue weighted by Crippen LogP contribution is 2.18. The molecule has 0 unspecified atom stereocenters. The largest absolute Gasteiger partial charge is 0.444 e. The van der Waals surface area contributed by atoms with E-state index in [1.165, 1.54) is 6.33 Å². The van der Waals surface area contributed by atoms with Crippen molar-refractivity contribution in [2.75, 3.05) is 31.1 Å². The molecule has 0 aromatic carbocycles. The van der Waals surface area contributed by atoms with Gasteiger partial charge in [0.25, 0.3) is 5.89 Å². The van der Waals surface area contributed by atoms with E-state index in [9.17, 15) is 4.79 Å². The molecule has 0 aliphatic carbocycles. The van der Waals surface area contributed by atoms with Crippen molar-refractivity contribution < 1.29 is 14.1 Å². The van der Waals surface area contributed by atoms with E-state index >= 15 is 0 Å². The first-order valence-corrected chi connectivity index (χ1v) is 7.74. The molecule has 1 aliphatic rings. The summed E-state index contributed by atoms with van der Waals surface area (Å²) < 4.78 is 10.3. The fraction of sp³-hybridized carbons (Fsp3) is 0.533. The van der Waals surface area contributed by atoms with Crippen LogP contribution in [0.25, 0.3) is 11.6 Å². The number of carbonyl (C=O) groups is 1. The SMILES string of the molecule is CC(C)(C)OC(=O)N1CCN(c2cnc(-c3ncno3)cn2)CC1. The molecule has 3 heterocycles. The van der Waals surface area contributed by atoms with Gasteiger partial charge in [0.1, 0.15) is 17.1 Å². The maximum atomic E-state index is 12.1. The van der Waals surface area contributed by atoms with E-state index in [4.69, 9.17) is 9.26 Å². The lowest BCUT2D eigenvalue weighted by atomic mass is 10.2. The molecule has 0 saturated carbocycles. The number of piperazine rings is 1. The zero-order valence-electron chi connectivity index (χ0n) is 14.0. The molecule has 128 valence electrons. The molecule has 3 rings (SSSR count). The van der Waals surface area contributed by atoms with E-state index in [-0.39, 0.29) is 6.09 Å². The Hall–Kier alpha value is -2.71. The molecule has 2 aromatic rings. The van der Waals surface area contributed by atoms with Crippen molar-refractivity contribution in [3.63, 3.8) is 0 Å². The van der Waals surface area contributed by atoms with Gasteiger partial charge < -0.3 is 19.1 Å². The van der Waals surface area contributed by atoms with E-state index in [0.717, 1.165) is 5.82 Å². The molecule has 0 atom stereocenters. The summed E-state index contributed by atoms with van der Waals surface area (Å²) in [5.41, 5.74) is 0.0493. The molecule has 1 fully saturated rings. The smallest absolute Gasteiger partial charge is 0.410 e. The van der Waals surface area contributed by atoms with Crippen LogP contribution >= 0.6 is 0 Å². The van der Waals surface area contributed by atoms with Crippen LogP contribution in [-0.2, 0) is 4.74 Å². The van der Waals surface area contributed by atoms with Crippen LogP contribution in [0.4, 0.5) is 10.6 Å². The summed E-state index contributed by atoms with van der Waals surface area (Å²) >= 11 is 0. The van der Waals surface area contributed by atoms with Crippen LogP contribution in [-0.4, -0.2) is 62.9 Å². The molecule has 0 N–H and O–H groups in total. The lowest BCUT2D eigenvalue weighted by Gasteiger charge is -2.36. The van der Waals surface area contributed by atoms with Crippen LogP contribution in [0.1, 0.15) is 20.8 Å². The Morgan fingerprint density at radius 3 is 2.42 bits per heavy atom. The zero-order chi connectivity index (χ0) is 17.2. The summed E-state index contributed by atoms with van der Waals surface area (Å²) in [4.78, 5) is 28.5. The van der Waals surface area contributed by atoms with Gasteiger partial charge in [-0.2, -0.15) is 4.98 Å². The molecular weight excluding hydrogens is 312 g/mol. The number of hydrogen-bond donors (Lipinski definition) is 0. The average molecular weight is 332 g/mol. The Labute approximate surface area is 139 Å². The fourth-order valence-corrected chi connectivity index (χ4v) is 2.33. The number of ether oxygens (including phenoxy) is 1. The number of aromatic nitrogens is 4. The zero-order valence-corrected chi connectivity index (χ0v) is 14.0. The fourth-order valence-electron chi connectivity index (χ4n) is 2.33. The van der Waals surface area contributed by atoms with Crippen molar-refractivity contribution in [1.82, 2.24) is 25.0 Å². The molecule has 9 heteroatoms. The standard InChI is InChI=1S/C15H20N6O3/c1-15(2,3)23-14(22)21-6-4-20(5-7-21)12-9-16-11(8-17-12)13-18-10-19-24-13/h8-10H,4-7H2,1-3H3. The summed E-state index contributed by atoms with van der Waals surface area (Å²) in [6.45, 7) is 8.11. The first-order valence-electron chi connectivity index (χ1n) is 7.74. The number of anilines is 1. The monoisotopic (exact) mass is 332 g/mol. The quantitative estimate of drug-likeness (QED) is 0.817. The van der Waals surface area contributed by atoms with Gasteiger partial charge in [-0.3, -0.25) is 0 Å². The van der Waals surface area contributed by atoms with Gasteiger partial charge in [0.15, 0.2) is 6.33 Å². The van der Waals surface area contributed by atoms with Crippen molar-refractivity contribution in [3.8, 4) is 11.6 Å². The Morgan fingerprint density at radius 1 is 1.12 bits per heavy atom. The molecule has 9 nitrogen and oxygen atoms in total. The number of hydrogen-bond acceptors (Lipinski definition) is 8. The minimum absolute atomic E-state index is 0.278. The average Bonchev–Trinajstić information content (AvgIpc) is 3.08. The molecule has 24 heavy (non-hydrogen) atoms. The van der Waals surface area contributed by atoms with Crippen LogP contribution in [0, 0.1) is 0 Å². The summed E-state index contributed by atoms with van der Waals surface area (Å²) in [5.74, 6) is 1.09. The third kappa shape index (κ3) is 3.79. The molecule has 0 radical (unpaired) electrons. The first-order chi connectivity index (χ1) is 11.4. The highest BCUT2D eigenvalue weighted by molar-refractivity contribution is 5.68. The van der Waals surface area contributed by atoms with Crippen molar-refractivity contribution >= 4 is 11.9 Å². The van der Waals surface area contributed by atoms with Crippen molar-refractivity contribution in [1.29, 1.82) is 0 Å². The van der Waals surface area contributed by atoms with E-state index in [0.29, 0.717) is 37.8 Å². The second-order valence-electron chi connectivity index (χ2n) is 6.46. The second-order valence-corrected chi connectivity index (χ2v) is 6.46. The number of amides is 1. The van der Waals surface area contributed by atoms with Crippen LogP contribution in [0.15, 0.2) is 23.2 Å². The maximum Gasteiger partial charge on any atom is 0.410 e. The van der Waals surface area contributed by atoms with E-state index in [2.05, 4.69) is 25.0 Å². The molecule has 1 saturated heterocycles. The highest BCUT2D eigenvalue weighted by Gasteiger charge is 2.26. The van der Waals surface area contributed by atoms with E-state index in [1.807, 2.05) is 20.8 Å². The van der Waals surface area contributed by atoms with Crippen LogP contribution < -0.4 is 4.90 Å². The van der Waals surface area contributed by atoms with Gasteiger partial charge in [-0.15, -0.1) is 0 Å². The van der Waals surface area contributed by atoms with Crippen molar-refractivity contribution in [2.24, 2.45) is 0 Å². The lowest BCUT2D eigenvalue weighted by molar-refractivity contribution is 0.0240. The minimum atomic E-state index is -0.482. The van der Waals surface area contributed by atoms with Crippen LogP contribution in [0.2, 0.25) is 0 Å². The van der Waals surface area contributed by atoms with Crippen LogP contribution in [0.5, 0.6) is 0 Å². The van der Waals surface area contributed by atoms with Gasteiger partial charge >= 0.3 is 6.09 Å². The van der Waals surface area contributed by atoms with Gasteiger partial charge in [-0.25, -0.2) is 14.8 Å². The van der Waals surface area contributed by atoms with Gasteiger partial charge in [-0.1, -0.05) is 5.16 Å². The van der Waals surface area contributed by atoms with Crippen molar-refractivity contribution in [2.45, 2.75) is 26.4 Å². The Balaban J connectivity index is 1.58. The highest BCUT2D eigenvalue weighted by atomic mass is 16.6. The van der Waals surface area contributed by atoms with Crippen LogP contribution in [0.3, 0.4) is 0 Å². The summed E-state index contributed by atoms with van der Waals surface area (Å²) in [6.07, 6.45) is 4.31. The first kappa shape index (κ1) is 16.2. The lowest BCUT2D eigenvalue weighted by Crippen LogP contribution is -2.50. The summed E-state index contributed by atoms with van der Waals surface area (Å²) in [6, 6.07) is 0. The summed E-state index contributed by atoms with van der Waals surface area (Å²) in [7, 11) is 0. The van der Waals surface area contributed by atoms with Gasteiger partial charge in [0.05, 0.1) is 12.4 Å². The van der Waals surface area contributed by atoms with Gasteiger partial charge in [-0.05, 0) is 20.8 Å². The van der Waals surface area contributed by atoms with Gasteiger partial charge in [0, 0.05) is 26.2 Å². The predicted octanol–water partition coefficient (Wildman–Crippen LogP) is 1.58. The van der Waals surface area contributed by atoms with Gasteiger partial charge in [0.2, 0.25) is 0 Å². The molecule has 1 aliphatic heterocycles. The molecular formula is C15H20N6O3. The Kier molecular flexibility index (Phi) is 4.32. The molecule has 1 amide bonds. The second kappa shape index (κ2) is 6.42. The minimum Gasteiger partial charge on any atom is -0.444 e.